The molecule has 2 rings (SSSR count). The number of methoxy groups -OCH3 is 1. The molecule has 132 valence electrons. The molecule has 0 fully saturated rings. The molecule has 0 aliphatic heterocycles. The number of benzene rings is 2. The van der Waals surface area contributed by atoms with Crippen molar-refractivity contribution in [1.29, 1.82) is 0 Å². The molecule has 0 saturated heterocycles. The SMILES string of the molecule is COc1ccc(OC[C@@H](C)NC(=O)/C=C/c2ccc(Cl)cc2Cl)cc1. The zero-order valence-electron chi connectivity index (χ0n) is 14.0. The summed E-state index contributed by atoms with van der Waals surface area (Å²) in [6.45, 7) is 2.22. The smallest absolute Gasteiger partial charge is 0.244 e. The molecule has 0 heterocycles. The zero-order chi connectivity index (χ0) is 18.2. The molecule has 1 atom stereocenters. The number of hydrogen-bond donors (Lipinski definition) is 1. The van der Waals surface area contributed by atoms with E-state index in [1.165, 1.54) is 6.08 Å². The van der Waals surface area contributed by atoms with E-state index in [0.29, 0.717) is 22.4 Å². The van der Waals surface area contributed by atoms with Crippen molar-refractivity contribution >= 4 is 35.2 Å². The van der Waals surface area contributed by atoms with E-state index in [-0.39, 0.29) is 11.9 Å². The molecule has 0 aliphatic rings. The van der Waals surface area contributed by atoms with Gasteiger partial charge in [-0.3, -0.25) is 4.79 Å². The van der Waals surface area contributed by atoms with E-state index < -0.39 is 0 Å². The lowest BCUT2D eigenvalue weighted by Gasteiger charge is -2.14. The average molecular weight is 380 g/mol. The first-order valence-electron chi connectivity index (χ1n) is 7.68. The van der Waals surface area contributed by atoms with Crippen LogP contribution in [0.4, 0.5) is 0 Å². The van der Waals surface area contributed by atoms with Crippen LogP contribution in [-0.4, -0.2) is 25.7 Å². The van der Waals surface area contributed by atoms with Crippen molar-refractivity contribution in [3.05, 3.63) is 64.1 Å². The summed E-state index contributed by atoms with van der Waals surface area (Å²) in [7, 11) is 1.61. The van der Waals surface area contributed by atoms with Gasteiger partial charge in [-0.1, -0.05) is 29.3 Å². The van der Waals surface area contributed by atoms with E-state index in [4.69, 9.17) is 32.7 Å². The van der Waals surface area contributed by atoms with Crippen LogP contribution >= 0.6 is 23.2 Å². The maximum Gasteiger partial charge on any atom is 0.244 e. The van der Waals surface area contributed by atoms with Gasteiger partial charge >= 0.3 is 0 Å². The predicted octanol–water partition coefficient (Wildman–Crippen LogP) is 4.60. The van der Waals surface area contributed by atoms with Gasteiger partial charge in [0.15, 0.2) is 0 Å². The normalized spacial score (nSPS) is 12.0. The Balaban J connectivity index is 1.81. The molecule has 0 aromatic heterocycles. The number of hydrogen-bond acceptors (Lipinski definition) is 3. The summed E-state index contributed by atoms with van der Waals surface area (Å²) in [5.74, 6) is 1.25. The number of halogens is 2. The number of carbonyl (C=O) groups excluding carboxylic acids is 1. The second kappa shape index (κ2) is 9.35. The number of ether oxygens (including phenoxy) is 2. The Morgan fingerprint density at radius 3 is 2.48 bits per heavy atom. The zero-order valence-corrected chi connectivity index (χ0v) is 15.5. The topological polar surface area (TPSA) is 47.6 Å². The number of carbonyl (C=O) groups is 1. The van der Waals surface area contributed by atoms with Crippen molar-refractivity contribution in [3.8, 4) is 11.5 Å². The maximum absolute atomic E-state index is 12.0. The molecule has 2 aromatic carbocycles. The van der Waals surface area contributed by atoms with Gasteiger partial charge in [-0.2, -0.15) is 0 Å². The summed E-state index contributed by atoms with van der Waals surface area (Å²) in [6.07, 6.45) is 3.07. The standard InChI is InChI=1S/C19H19Cl2NO3/c1-13(12-25-17-8-6-16(24-2)7-9-17)22-19(23)10-4-14-3-5-15(20)11-18(14)21/h3-11,13H,12H2,1-2H3,(H,22,23)/b10-4+/t13-/m1/s1. The Hall–Kier alpha value is -2.17. The summed E-state index contributed by atoms with van der Waals surface area (Å²) >= 11 is 11.9. The molecule has 0 bridgehead atoms. The van der Waals surface area contributed by atoms with Gasteiger partial charge in [0.2, 0.25) is 5.91 Å². The molecule has 1 N–H and O–H groups in total. The Morgan fingerprint density at radius 2 is 1.84 bits per heavy atom. The van der Waals surface area contributed by atoms with Crippen LogP contribution in [0.3, 0.4) is 0 Å². The third-order valence-electron chi connectivity index (χ3n) is 3.32. The number of nitrogens with one attached hydrogen (secondary N) is 1. The van der Waals surface area contributed by atoms with Crippen LogP contribution in [-0.2, 0) is 4.79 Å². The predicted molar refractivity (Wildman–Crippen MR) is 102 cm³/mol. The van der Waals surface area contributed by atoms with Gasteiger partial charge in [-0.15, -0.1) is 0 Å². The number of amides is 1. The minimum Gasteiger partial charge on any atom is -0.497 e. The molecular formula is C19H19Cl2NO3. The fourth-order valence-electron chi connectivity index (χ4n) is 2.03. The largest absolute Gasteiger partial charge is 0.497 e. The first-order valence-corrected chi connectivity index (χ1v) is 8.44. The van der Waals surface area contributed by atoms with Crippen LogP contribution in [0.15, 0.2) is 48.5 Å². The third kappa shape index (κ3) is 6.33. The lowest BCUT2D eigenvalue weighted by Crippen LogP contribution is -2.35. The molecule has 6 heteroatoms. The molecule has 2 aromatic rings. The highest BCUT2D eigenvalue weighted by atomic mass is 35.5. The quantitative estimate of drug-likeness (QED) is 0.715. The van der Waals surface area contributed by atoms with Gasteiger partial charge in [0.1, 0.15) is 18.1 Å². The van der Waals surface area contributed by atoms with E-state index >= 15 is 0 Å². The van der Waals surface area contributed by atoms with Gasteiger partial charge in [-0.05, 0) is 55.0 Å². The fraction of sp³-hybridized carbons (Fsp3) is 0.211. The highest BCUT2D eigenvalue weighted by Crippen LogP contribution is 2.22. The van der Waals surface area contributed by atoms with Crippen molar-refractivity contribution < 1.29 is 14.3 Å². The molecule has 4 nitrogen and oxygen atoms in total. The third-order valence-corrected chi connectivity index (χ3v) is 3.89. The lowest BCUT2D eigenvalue weighted by molar-refractivity contribution is -0.117. The summed E-state index contributed by atoms with van der Waals surface area (Å²) in [5, 5.41) is 3.87. The molecule has 0 saturated carbocycles. The first kappa shape index (κ1) is 19.2. The van der Waals surface area contributed by atoms with Crippen LogP contribution in [0.1, 0.15) is 12.5 Å². The fourth-order valence-corrected chi connectivity index (χ4v) is 2.50. The molecule has 25 heavy (non-hydrogen) atoms. The van der Waals surface area contributed by atoms with E-state index in [2.05, 4.69) is 5.32 Å². The van der Waals surface area contributed by atoms with Crippen molar-refractivity contribution in [1.82, 2.24) is 5.32 Å². The molecule has 0 spiro atoms. The van der Waals surface area contributed by atoms with Crippen molar-refractivity contribution in [2.75, 3.05) is 13.7 Å². The van der Waals surface area contributed by atoms with Crippen LogP contribution in [0.2, 0.25) is 10.0 Å². The van der Waals surface area contributed by atoms with Crippen LogP contribution < -0.4 is 14.8 Å². The van der Waals surface area contributed by atoms with Crippen molar-refractivity contribution in [2.45, 2.75) is 13.0 Å². The van der Waals surface area contributed by atoms with Gasteiger partial charge in [0, 0.05) is 16.1 Å². The van der Waals surface area contributed by atoms with Crippen LogP contribution in [0.5, 0.6) is 11.5 Å². The van der Waals surface area contributed by atoms with E-state index in [9.17, 15) is 4.79 Å². The first-order chi connectivity index (χ1) is 12.0. The molecule has 0 unspecified atom stereocenters. The van der Waals surface area contributed by atoms with Gasteiger partial charge in [0.05, 0.1) is 13.2 Å². The minimum absolute atomic E-state index is 0.153. The number of rotatable bonds is 7. The van der Waals surface area contributed by atoms with Crippen LogP contribution in [0.25, 0.3) is 6.08 Å². The Kier molecular flexibility index (Phi) is 7.16. The summed E-state index contributed by atoms with van der Waals surface area (Å²) in [6, 6.07) is 12.2. The monoisotopic (exact) mass is 379 g/mol. The highest BCUT2D eigenvalue weighted by molar-refractivity contribution is 6.35. The Morgan fingerprint density at radius 1 is 1.16 bits per heavy atom. The summed E-state index contributed by atoms with van der Waals surface area (Å²) < 4.78 is 10.7. The van der Waals surface area contributed by atoms with Crippen molar-refractivity contribution in [2.24, 2.45) is 0 Å². The summed E-state index contributed by atoms with van der Waals surface area (Å²) in [5.41, 5.74) is 0.725. The van der Waals surface area contributed by atoms with Gasteiger partial charge < -0.3 is 14.8 Å². The average Bonchev–Trinajstić information content (AvgIpc) is 2.59. The van der Waals surface area contributed by atoms with Gasteiger partial charge in [-0.25, -0.2) is 0 Å². The summed E-state index contributed by atoms with van der Waals surface area (Å²) in [4.78, 5) is 12.0. The lowest BCUT2D eigenvalue weighted by atomic mass is 10.2. The Labute approximate surface area is 157 Å². The molecule has 1 amide bonds. The van der Waals surface area contributed by atoms with E-state index in [1.807, 2.05) is 31.2 Å². The van der Waals surface area contributed by atoms with E-state index in [1.54, 1.807) is 31.4 Å². The molecule has 0 radical (unpaired) electrons. The second-order valence-electron chi connectivity index (χ2n) is 5.40. The van der Waals surface area contributed by atoms with E-state index in [0.717, 1.165) is 11.3 Å². The molecular weight excluding hydrogens is 361 g/mol. The Bertz CT molecular complexity index is 745. The minimum atomic E-state index is -0.225. The maximum atomic E-state index is 12.0. The van der Waals surface area contributed by atoms with Crippen molar-refractivity contribution in [3.63, 3.8) is 0 Å². The second-order valence-corrected chi connectivity index (χ2v) is 6.24. The van der Waals surface area contributed by atoms with Crippen LogP contribution in [0, 0.1) is 0 Å². The highest BCUT2D eigenvalue weighted by Gasteiger charge is 2.06. The van der Waals surface area contributed by atoms with Gasteiger partial charge in [0.25, 0.3) is 0 Å². The molecule has 0 aliphatic carbocycles.